The van der Waals surface area contributed by atoms with Crippen LogP contribution in [0.15, 0.2) is 72.9 Å². The SMILES string of the molecule is Fc1c[c-]c(-c2cccc(C3(c4ccn(-c5[c-]ccc6ccccc56)n4)CCCC3)n2)c(F)n1.[Pt+2]. The zero-order valence-electron chi connectivity index (χ0n) is 18.6. The van der Waals surface area contributed by atoms with E-state index >= 15 is 0 Å². The molecule has 1 aliphatic carbocycles. The van der Waals surface area contributed by atoms with Gasteiger partial charge in [-0.15, -0.1) is 22.9 Å². The fourth-order valence-corrected chi connectivity index (χ4v) is 5.05. The minimum atomic E-state index is -0.916. The van der Waals surface area contributed by atoms with Crippen molar-refractivity contribution in [3.8, 4) is 16.9 Å². The van der Waals surface area contributed by atoms with Crippen molar-refractivity contribution in [1.82, 2.24) is 19.7 Å². The molecule has 1 aliphatic rings. The van der Waals surface area contributed by atoms with Crippen molar-refractivity contribution in [2.24, 2.45) is 0 Å². The van der Waals surface area contributed by atoms with Gasteiger partial charge in [-0.1, -0.05) is 54.8 Å². The van der Waals surface area contributed by atoms with E-state index in [9.17, 15) is 8.78 Å². The first-order valence-corrected chi connectivity index (χ1v) is 11.3. The van der Waals surface area contributed by atoms with Gasteiger partial charge in [-0.2, -0.15) is 23.3 Å². The Morgan fingerprint density at radius 1 is 0.857 bits per heavy atom. The Kier molecular flexibility index (Phi) is 6.33. The molecule has 1 fully saturated rings. The maximum atomic E-state index is 14.3. The van der Waals surface area contributed by atoms with Crippen LogP contribution in [0.1, 0.15) is 37.1 Å². The van der Waals surface area contributed by atoms with Crippen molar-refractivity contribution in [2.45, 2.75) is 31.1 Å². The van der Waals surface area contributed by atoms with Crippen molar-refractivity contribution in [1.29, 1.82) is 0 Å². The average molecular weight is 646 g/mol. The Bertz CT molecular complexity index is 1500. The number of aromatic nitrogens is 4. The quantitative estimate of drug-likeness (QED) is 0.172. The van der Waals surface area contributed by atoms with E-state index in [0.29, 0.717) is 5.69 Å². The third kappa shape index (κ3) is 4.10. The van der Waals surface area contributed by atoms with Crippen molar-refractivity contribution in [2.75, 3.05) is 0 Å². The number of hydrogen-bond donors (Lipinski definition) is 0. The summed E-state index contributed by atoms with van der Waals surface area (Å²) in [5, 5.41) is 7.20. The minimum Gasteiger partial charge on any atom is -0.300 e. The summed E-state index contributed by atoms with van der Waals surface area (Å²) < 4.78 is 29.5. The van der Waals surface area contributed by atoms with Gasteiger partial charge in [0, 0.05) is 11.9 Å². The number of fused-ring (bicyclic) bond motifs is 1. The fourth-order valence-electron chi connectivity index (χ4n) is 5.05. The molecule has 4 nitrogen and oxygen atoms in total. The first-order chi connectivity index (χ1) is 16.6. The van der Waals surface area contributed by atoms with Crippen LogP contribution in [0.25, 0.3) is 27.7 Å². The molecule has 0 unspecified atom stereocenters. The molecule has 3 aromatic heterocycles. The third-order valence-electron chi connectivity index (χ3n) is 6.71. The Morgan fingerprint density at radius 2 is 1.69 bits per heavy atom. The van der Waals surface area contributed by atoms with E-state index in [0.717, 1.165) is 59.6 Å². The van der Waals surface area contributed by atoms with E-state index in [1.54, 1.807) is 6.07 Å². The van der Waals surface area contributed by atoms with Crippen LogP contribution in [0.5, 0.6) is 0 Å². The molecule has 0 aliphatic heterocycles. The summed E-state index contributed by atoms with van der Waals surface area (Å²) in [5.74, 6) is -1.82. The van der Waals surface area contributed by atoms with Gasteiger partial charge in [0.15, 0.2) is 0 Å². The summed E-state index contributed by atoms with van der Waals surface area (Å²) in [6, 6.07) is 26.7. The molecule has 0 N–H and O–H groups in total. The summed E-state index contributed by atoms with van der Waals surface area (Å²) in [7, 11) is 0. The van der Waals surface area contributed by atoms with E-state index in [4.69, 9.17) is 10.1 Å². The molecule has 0 amide bonds. The molecule has 1 saturated carbocycles. The predicted molar refractivity (Wildman–Crippen MR) is 125 cm³/mol. The molecule has 0 atom stereocenters. The average Bonchev–Trinajstić information content (AvgIpc) is 3.55. The normalized spacial score (nSPS) is 14.7. The fraction of sp³-hybridized carbons (Fsp3) is 0.179. The van der Waals surface area contributed by atoms with Gasteiger partial charge < -0.3 is 4.98 Å². The van der Waals surface area contributed by atoms with Gasteiger partial charge in [0.1, 0.15) is 11.9 Å². The summed E-state index contributed by atoms with van der Waals surface area (Å²) in [5.41, 5.74) is 2.72. The first-order valence-electron chi connectivity index (χ1n) is 11.3. The third-order valence-corrected chi connectivity index (χ3v) is 6.71. The molecule has 2 aromatic carbocycles. The molecule has 0 spiro atoms. The second kappa shape index (κ2) is 9.43. The maximum Gasteiger partial charge on any atom is 2.00 e. The largest absolute Gasteiger partial charge is 2.00 e. The summed E-state index contributed by atoms with van der Waals surface area (Å²) >= 11 is 0. The maximum absolute atomic E-state index is 14.3. The van der Waals surface area contributed by atoms with Gasteiger partial charge in [-0.3, -0.25) is 9.67 Å². The van der Waals surface area contributed by atoms with E-state index in [1.165, 1.54) is 0 Å². The van der Waals surface area contributed by atoms with Crippen molar-refractivity contribution >= 4 is 10.8 Å². The van der Waals surface area contributed by atoms with E-state index < -0.39 is 11.9 Å². The molecule has 5 aromatic rings. The van der Waals surface area contributed by atoms with Gasteiger partial charge >= 0.3 is 21.1 Å². The molecule has 0 radical (unpaired) electrons. The predicted octanol–water partition coefficient (Wildman–Crippen LogP) is 6.22. The zero-order valence-corrected chi connectivity index (χ0v) is 20.9. The Labute approximate surface area is 216 Å². The number of halogens is 2. The topological polar surface area (TPSA) is 43.6 Å². The molecular weight excluding hydrogens is 625 g/mol. The Hall–Kier alpha value is -3.24. The monoisotopic (exact) mass is 645 g/mol. The molecule has 176 valence electrons. The van der Waals surface area contributed by atoms with Crippen molar-refractivity contribution in [3.63, 3.8) is 0 Å². The van der Waals surface area contributed by atoms with Gasteiger partial charge in [0.25, 0.3) is 0 Å². The van der Waals surface area contributed by atoms with Crippen molar-refractivity contribution < 1.29 is 29.8 Å². The van der Waals surface area contributed by atoms with E-state index in [-0.39, 0.29) is 32.0 Å². The molecule has 0 saturated heterocycles. The second-order valence-corrected chi connectivity index (χ2v) is 8.65. The summed E-state index contributed by atoms with van der Waals surface area (Å²) in [6.07, 6.45) is 5.87. The molecule has 6 rings (SSSR count). The number of hydrogen-bond acceptors (Lipinski definition) is 3. The van der Waals surface area contributed by atoms with Gasteiger partial charge in [0.2, 0.25) is 0 Å². The number of nitrogens with zero attached hydrogens (tertiary/aromatic N) is 4. The molecule has 3 heterocycles. The first kappa shape index (κ1) is 23.5. The summed E-state index contributed by atoms with van der Waals surface area (Å²) in [6.45, 7) is 0. The smallest absolute Gasteiger partial charge is 0.300 e. The zero-order chi connectivity index (χ0) is 23.1. The molecule has 0 bridgehead atoms. The van der Waals surface area contributed by atoms with Crippen LogP contribution >= 0.6 is 0 Å². The number of rotatable bonds is 4. The second-order valence-electron chi connectivity index (χ2n) is 8.65. The Balaban J connectivity index is 0.00000253. The van der Waals surface area contributed by atoms with Crippen LogP contribution in [0.4, 0.5) is 8.78 Å². The van der Waals surface area contributed by atoms with Crippen LogP contribution in [-0.4, -0.2) is 19.7 Å². The van der Waals surface area contributed by atoms with E-state index in [2.05, 4.69) is 29.2 Å². The minimum absolute atomic E-state index is 0. The molecular formula is C28H20F2N4Pt. The van der Waals surface area contributed by atoms with Crippen LogP contribution in [-0.2, 0) is 26.5 Å². The van der Waals surface area contributed by atoms with Gasteiger partial charge in [-0.05, 0) is 36.4 Å². The van der Waals surface area contributed by atoms with Crippen molar-refractivity contribution in [3.05, 3.63) is 108 Å². The van der Waals surface area contributed by atoms with Crippen LogP contribution in [0, 0.1) is 24.0 Å². The van der Waals surface area contributed by atoms with Crippen LogP contribution < -0.4 is 0 Å². The number of benzene rings is 2. The van der Waals surface area contributed by atoms with Crippen LogP contribution in [0.2, 0.25) is 0 Å². The van der Waals surface area contributed by atoms with Crippen LogP contribution in [0.3, 0.4) is 0 Å². The molecule has 35 heavy (non-hydrogen) atoms. The summed E-state index contributed by atoms with van der Waals surface area (Å²) in [4.78, 5) is 8.10. The van der Waals surface area contributed by atoms with Gasteiger partial charge in [-0.25, -0.2) is 8.78 Å². The Morgan fingerprint density at radius 3 is 2.51 bits per heavy atom. The number of pyridine rings is 2. The van der Waals surface area contributed by atoms with Gasteiger partial charge in [0.05, 0.1) is 11.1 Å². The standard InChI is InChI=1S/C28H20F2N4.Pt/c29-26-14-13-21(27(30)32-26)22-10-6-12-24(31-22)28(16-3-4-17-28)25-15-18-34(33-25)23-11-5-8-19-7-1-2-9-20(19)23;/h1-2,5-10,12,14-15,18H,3-4,16-17H2;/q-2;+2. The molecule has 7 heteroatoms. The van der Waals surface area contributed by atoms with E-state index in [1.807, 2.05) is 53.3 Å².